The number of nitrogens with two attached hydrogens (primary N) is 1. The van der Waals surface area contributed by atoms with Gasteiger partial charge in [0, 0.05) is 50.1 Å². The molecule has 2 aromatic heterocycles. The molecule has 0 saturated carbocycles. The molecule has 28 nitrogen and oxygen atoms in total. The molecule has 436 valence electrons. The van der Waals surface area contributed by atoms with E-state index in [1.165, 1.54) is 58.8 Å². The lowest BCUT2D eigenvalue weighted by Gasteiger charge is -2.36. The highest BCUT2D eigenvalue weighted by atomic mass is 32.2. The lowest BCUT2D eigenvalue weighted by molar-refractivity contribution is -0.347. The first-order chi connectivity index (χ1) is 35.8. The fourth-order valence-electron chi connectivity index (χ4n) is 8.13. The Morgan fingerprint density at radius 1 is 0.842 bits per heavy atom. The number of hydrogen-bond donors (Lipinski definition) is 7. The zero-order valence-corrected chi connectivity index (χ0v) is 46.5. The number of unbranched alkanes of at least 4 members (excludes halogenated alkanes) is 13. The normalized spacial score (nSPS) is 24.2. The predicted molar refractivity (Wildman–Crippen MR) is 264 cm³/mol. The van der Waals surface area contributed by atoms with Crippen LogP contribution in [0.15, 0.2) is 12.7 Å². The summed E-state index contributed by atoms with van der Waals surface area (Å²) in [6.07, 6.45) is 6.24. The molecule has 2 aromatic rings. The first-order valence-electron chi connectivity index (χ1n) is 25.4. The maximum absolute atomic E-state index is 12.7. The third-order valence-corrected chi connectivity index (χ3v) is 16.4. The number of carbonyl (C=O) groups excluding carboxylic acids is 3. The fraction of sp³-hybridized carbons (Fsp3) is 0.818. The Morgan fingerprint density at radius 2 is 1.45 bits per heavy atom. The Balaban J connectivity index is 0.989. The van der Waals surface area contributed by atoms with Crippen molar-refractivity contribution in [2.24, 2.45) is 5.41 Å². The van der Waals surface area contributed by atoms with Gasteiger partial charge in [-0.15, -0.1) is 0 Å². The van der Waals surface area contributed by atoms with Crippen LogP contribution in [0.3, 0.4) is 0 Å². The number of ether oxygens (including phenoxy) is 3. The largest absolute Gasteiger partial charge is 0.790 e. The number of imidazole rings is 1. The number of nitrogens with zero attached hydrogens (tertiary/aromatic N) is 4. The third-order valence-electron chi connectivity index (χ3n) is 12.5. The second kappa shape index (κ2) is 32.0. The van der Waals surface area contributed by atoms with E-state index >= 15 is 0 Å². The van der Waals surface area contributed by atoms with Crippen molar-refractivity contribution in [3.63, 3.8) is 0 Å². The van der Waals surface area contributed by atoms with E-state index in [-0.39, 0.29) is 54.1 Å². The summed E-state index contributed by atoms with van der Waals surface area (Å²) in [5.41, 5.74) is 4.08. The van der Waals surface area contributed by atoms with Gasteiger partial charge in [0.25, 0.3) is 15.6 Å². The van der Waals surface area contributed by atoms with Gasteiger partial charge in [0.05, 0.1) is 39.6 Å². The van der Waals surface area contributed by atoms with Crippen molar-refractivity contribution < 1.29 is 100 Å². The lowest BCUT2D eigenvalue weighted by atomic mass is 9.87. The number of thioether (sulfide) groups is 1. The number of hydrogen-bond acceptors (Lipinski definition) is 26. The number of aliphatic hydroxyl groups excluding tert-OH is 4. The van der Waals surface area contributed by atoms with Crippen LogP contribution in [-0.2, 0) is 60.2 Å². The Hall–Kier alpha value is -2.60. The molecule has 0 bridgehead atoms. The number of aromatic nitrogens is 4. The molecule has 11 atom stereocenters. The van der Waals surface area contributed by atoms with Gasteiger partial charge < -0.3 is 88.7 Å². The minimum atomic E-state index is -5.93. The number of fused-ring (bicyclic) bond motifs is 1. The van der Waals surface area contributed by atoms with Gasteiger partial charge in [-0.1, -0.05) is 103 Å². The van der Waals surface area contributed by atoms with Crippen molar-refractivity contribution in [3.05, 3.63) is 12.7 Å². The second-order valence-corrected chi connectivity index (χ2v) is 24.6. The molecule has 4 rings (SSSR count). The van der Waals surface area contributed by atoms with E-state index in [9.17, 15) is 68.1 Å². The van der Waals surface area contributed by atoms with Crippen LogP contribution < -0.4 is 35.9 Å². The van der Waals surface area contributed by atoms with Gasteiger partial charge in [-0.2, -0.15) is 0 Å². The first kappa shape index (κ1) is 65.9. The van der Waals surface area contributed by atoms with E-state index in [0.717, 1.165) is 73.9 Å². The van der Waals surface area contributed by atoms with Crippen LogP contribution in [0.5, 0.6) is 0 Å². The lowest BCUT2D eigenvalue weighted by Crippen LogP contribution is -2.47. The maximum Gasteiger partial charge on any atom is 0.274 e. The van der Waals surface area contributed by atoms with Crippen LogP contribution >= 0.6 is 35.2 Å². The SMILES string of the molecule is C[C@@H]1O[C@@H](OCCCCCCCCCCCCCCCCC(=O)SCCNC(=O)CCNC(=O)[C@H](O)C(C)(C)COP(=O)([O-])OP(=O)([O-])OC[C@H]2O[C@@H](n3cnc4c(N)ncnc43)[C@H](O)[C@@H]2OP(=O)([O-])[O-])[C@H](O)C[C@H]1O. The van der Waals surface area contributed by atoms with E-state index in [1.807, 2.05) is 0 Å². The van der Waals surface area contributed by atoms with E-state index in [1.54, 1.807) is 6.92 Å². The van der Waals surface area contributed by atoms with Crippen LogP contribution in [0.1, 0.15) is 136 Å². The van der Waals surface area contributed by atoms with E-state index < -0.39 is 103 Å². The maximum atomic E-state index is 12.7. The molecular formula is C44H74N7O21P3S-4. The topological polar surface area (TPSA) is 434 Å². The van der Waals surface area contributed by atoms with E-state index in [2.05, 4.69) is 43.5 Å². The minimum absolute atomic E-state index is 0.0234. The summed E-state index contributed by atoms with van der Waals surface area (Å²) in [6.45, 7) is 2.43. The molecule has 2 unspecified atom stereocenters. The van der Waals surface area contributed by atoms with Gasteiger partial charge in [0.1, 0.15) is 42.4 Å². The highest BCUT2D eigenvalue weighted by Gasteiger charge is 2.47. The van der Waals surface area contributed by atoms with Crippen molar-refractivity contribution in [2.75, 3.05) is 44.4 Å². The summed E-state index contributed by atoms with van der Waals surface area (Å²) in [6, 6.07) is 0. The number of amides is 2. The molecule has 0 aromatic carbocycles. The molecule has 4 heterocycles. The van der Waals surface area contributed by atoms with Gasteiger partial charge in [0.15, 0.2) is 29.1 Å². The average Bonchev–Trinajstić information content (AvgIpc) is 3.90. The summed E-state index contributed by atoms with van der Waals surface area (Å²) in [4.78, 5) is 97.1. The third kappa shape index (κ3) is 23.2. The summed E-state index contributed by atoms with van der Waals surface area (Å²) in [5.74, 6) is -1.18. The summed E-state index contributed by atoms with van der Waals surface area (Å²) in [5, 5.41) is 46.2. The number of phosphoric acid groups is 3. The molecule has 0 spiro atoms. The molecule has 76 heavy (non-hydrogen) atoms. The van der Waals surface area contributed by atoms with Crippen LogP contribution in [0.25, 0.3) is 11.2 Å². The number of aliphatic hydroxyl groups is 4. The Bertz CT molecular complexity index is 2270. The smallest absolute Gasteiger partial charge is 0.274 e. The predicted octanol–water partition coefficient (Wildman–Crippen LogP) is 0.862. The molecule has 0 aliphatic carbocycles. The first-order valence-corrected chi connectivity index (χ1v) is 30.8. The van der Waals surface area contributed by atoms with Gasteiger partial charge in [-0.3, -0.25) is 28.1 Å². The van der Waals surface area contributed by atoms with E-state index in [0.29, 0.717) is 18.8 Å². The van der Waals surface area contributed by atoms with Crippen molar-refractivity contribution in [1.82, 2.24) is 30.2 Å². The zero-order chi connectivity index (χ0) is 56.1. The van der Waals surface area contributed by atoms with Crippen LogP contribution in [0, 0.1) is 5.41 Å². The Labute approximate surface area is 445 Å². The van der Waals surface area contributed by atoms with Crippen LogP contribution in [0.2, 0.25) is 0 Å². The van der Waals surface area contributed by atoms with Crippen molar-refractivity contribution >= 4 is 69.1 Å². The van der Waals surface area contributed by atoms with Crippen molar-refractivity contribution in [3.8, 4) is 0 Å². The number of nitrogens with one attached hydrogen (secondary N) is 2. The van der Waals surface area contributed by atoms with Crippen molar-refractivity contribution in [1.29, 1.82) is 0 Å². The number of rotatable bonds is 37. The summed E-state index contributed by atoms with van der Waals surface area (Å²) < 4.78 is 72.1. The molecule has 2 fully saturated rings. The Kier molecular flexibility index (Phi) is 27.8. The molecule has 8 N–H and O–H groups in total. The highest BCUT2D eigenvalue weighted by Crippen LogP contribution is 2.56. The molecule has 2 saturated heterocycles. The Morgan fingerprint density at radius 3 is 2.08 bits per heavy atom. The monoisotopic (exact) mass is 1160 g/mol. The molecule has 0 radical (unpaired) electrons. The zero-order valence-electron chi connectivity index (χ0n) is 43.0. The van der Waals surface area contributed by atoms with Gasteiger partial charge in [0.2, 0.25) is 11.8 Å². The standard InChI is InChI=1S/C44H78N7O21P3S/c1-29-30(52)24-31(53)43(69-29)66-22-17-15-13-11-9-7-5-4-6-8-10-12-14-16-18-34(55)76-23-21-46-33(54)19-20-47-41(58)38(57)44(2,3)26-68-75(64,65)72-74(62,63)67-25-32-37(71-73(59,60)61)36(56)42(70-32)51-28-50-35-39(45)48-27-49-40(35)51/h27-32,36-38,42-43,52-53,56-57H,4-26H2,1-3H3,(H,46,54)(H,47,58)(H,62,63)(H,64,65)(H2,45,48,49)(H2,59,60,61)/p-4/t29-,30+,31+,32+,36+,37+,38-,42+,43+/m0/s1. The molecule has 2 aliphatic heterocycles. The average molecular weight is 1160 g/mol. The van der Waals surface area contributed by atoms with Gasteiger partial charge in [-0.05, 0) is 19.8 Å². The fourth-order valence-corrected chi connectivity index (χ4v) is 11.6. The van der Waals surface area contributed by atoms with Crippen LogP contribution in [-0.4, -0.2) is 145 Å². The second-order valence-electron chi connectivity index (χ2n) is 19.4. The number of carbonyl (C=O) groups is 3. The van der Waals surface area contributed by atoms with E-state index in [4.69, 9.17) is 19.9 Å². The quantitative estimate of drug-likeness (QED) is 0.0364. The summed E-state index contributed by atoms with van der Waals surface area (Å²) >= 11 is 1.13. The van der Waals surface area contributed by atoms with Crippen molar-refractivity contribution in [2.45, 2.75) is 185 Å². The molecular weight excluding hydrogens is 1090 g/mol. The molecule has 2 amide bonds. The molecule has 2 aliphatic rings. The minimum Gasteiger partial charge on any atom is -0.790 e. The van der Waals surface area contributed by atoms with Crippen LogP contribution in [0.4, 0.5) is 5.82 Å². The highest BCUT2D eigenvalue weighted by molar-refractivity contribution is 8.13. The number of phosphoric ester groups is 3. The molecule has 32 heteroatoms. The number of nitrogen functional groups attached to an aromatic ring is 1. The number of anilines is 1. The van der Waals surface area contributed by atoms with Gasteiger partial charge in [-0.25, -0.2) is 19.3 Å². The van der Waals surface area contributed by atoms with Gasteiger partial charge >= 0.3 is 0 Å². The summed E-state index contributed by atoms with van der Waals surface area (Å²) in [7, 11) is -17.6.